The number of likely N-dealkylation sites (tertiary alicyclic amines) is 1. The van der Waals surface area contributed by atoms with Crippen LogP contribution in [0.2, 0.25) is 0 Å². The van der Waals surface area contributed by atoms with Gasteiger partial charge in [0.05, 0.1) is 0 Å². The standard InChI is InChI=1S/C9H18FN/c1-7(2)11-5-4-9(6-11)8(3)10/h7-9H,4-6H2,1-3H3/t8?,9-/m0/s1. The summed E-state index contributed by atoms with van der Waals surface area (Å²) >= 11 is 0. The van der Waals surface area contributed by atoms with Gasteiger partial charge in [0.1, 0.15) is 6.17 Å². The average molecular weight is 159 g/mol. The van der Waals surface area contributed by atoms with E-state index >= 15 is 0 Å². The molecule has 0 spiro atoms. The molecule has 1 unspecified atom stereocenters. The highest BCUT2D eigenvalue weighted by molar-refractivity contribution is 4.80. The average Bonchev–Trinajstić information content (AvgIpc) is 2.33. The Morgan fingerprint density at radius 2 is 2.00 bits per heavy atom. The predicted octanol–water partition coefficient (Wildman–Crippen LogP) is 2.07. The summed E-state index contributed by atoms with van der Waals surface area (Å²) in [5.74, 6) is 0.289. The largest absolute Gasteiger partial charge is 0.301 e. The molecule has 0 aromatic rings. The Kier molecular flexibility index (Phi) is 2.88. The number of nitrogens with zero attached hydrogens (tertiary/aromatic N) is 1. The Morgan fingerprint density at radius 1 is 1.36 bits per heavy atom. The molecule has 0 bridgehead atoms. The predicted molar refractivity (Wildman–Crippen MR) is 45.4 cm³/mol. The molecule has 1 nitrogen and oxygen atoms in total. The van der Waals surface area contributed by atoms with E-state index in [2.05, 4.69) is 18.7 Å². The van der Waals surface area contributed by atoms with Gasteiger partial charge in [0.2, 0.25) is 0 Å². The number of hydrogen-bond donors (Lipinski definition) is 0. The van der Waals surface area contributed by atoms with Gasteiger partial charge in [0.15, 0.2) is 0 Å². The molecule has 1 rings (SSSR count). The molecule has 0 radical (unpaired) electrons. The molecule has 2 heteroatoms. The second kappa shape index (κ2) is 3.53. The topological polar surface area (TPSA) is 3.24 Å². The second-order valence-corrected chi connectivity index (χ2v) is 3.81. The molecule has 1 aliphatic rings. The normalized spacial score (nSPS) is 29.7. The van der Waals surface area contributed by atoms with Crippen LogP contribution < -0.4 is 0 Å². The lowest BCUT2D eigenvalue weighted by atomic mass is 10.1. The molecule has 66 valence electrons. The monoisotopic (exact) mass is 159 g/mol. The van der Waals surface area contributed by atoms with E-state index in [0.29, 0.717) is 6.04 Å². The van der Waals surface area contributed by atoms with Crippen LogP contribution in [0.5, 0.6) is 0 Å². The minimum Gasteiger partial charge on any atom is -0.301 e. The molecule has 0 amide bonds. The Bertz CT molecular complexity index is 109. The number of halogens is 1. The minimum absolute atomic E-state index is 0.289. The van der Waals surface area contributed by atoms with Crippen molar-refractivity contribution in [1.82, 2.24) is 4.90 Å². The number of hydrogen-bond acceptors (Lipinski definition) is 1. The fourth-order valence-corrected chi connectivity index (χ4v) is 1.66. The second-order valence-electron chi connectivity index (χ2n) is 3.81. The fourth-order valence-electron chi connectivity index (χ4n) is 1.66. The molecule has 1 fully saturated rings. The quantitative estimate of drug-likeness (QED) is 0.596. The van der Waals surface area contributed by atoms with E-state index in [9.17, 15) is 4.39 Å². The molecule has 1 heterocycles. The van der Waals surface area contributed by atoms with Gasteiger partial charge in [-0.2, -0.15) is 0 Å². The van der Waals surface area contributed by atoms with Gasteiger partial charge >= 0.3 is 0 Å². The lowest BCUT2D eigenvalue weighted by molar-refractivity contribution is 0.218. The summed E-state index contributed by atoms with van der Waals surface area (Å²) in [6, 6.07) is 0.582. The van der Waals surface area contributed by atoms with Crippen molar-refractivity contribution < 1.29 is 4.39 Å². The van der Waals surface area contributed by atoms with E-state index in [0.717, 1.165) is 19.5 Å². The Labute approximate surface area is 68.6 Å². The maximum atomic E-state index is 12.8. The third-order valence-electron chi connectivity index (χ3n) is 2.64. The van der Waals surface area contributed by atoms with Gasteiger partial charge in [-0.25, -0.2) is 4.39 Å². The van der Waals surface area contributed by atoms with Gasteiger partial charge in [-0.05, 0) is 33.7 Å². The lowest BCUT2D eigenvalue weighted by Crippen LogP contribution is -2.29. The Hall–Kier alpha value is -0.110. The smallest absolute Gasteiger partial charge is 0.101 e. The molecule has 0 aliphatic carbocycles. The van der Waals surface area contributed by atoms with Crippen LogP contribution in [-0.4, -0.2) is 30.2 Å². The molecule has 0 N–H and O–H groups in total. The van der Waals surface area contributed by atoms with E-state index in [1.807, 2.05) is 0 Å². The van der Waals surface area contributed by atoms with Gasteiger partial charge in [-0.1, -0.05) is 0 Å². The van der Waals surface area contributed by atoms with E-state index < -0.39 is 6.17 Å². The zero-order chi connectivity index (χ0) is 8.43. The maximum absolute atomic E-state index is 12.8. The van der Waals surface area contributed by atoms with Crippen LogP contribution in [0.4, 0.5) is 4.39 Å². The van der Waals surface area contributed by atoms with Crippen molar-refractivity contribution in [1.29, 1.82) is 0 Å². The zero-order valence-corrected chi connectivity index (χ0v) is 7.68. The number of rotatable bonds is 2. The summed E-state index contributed by atoms with van der Waals surface area (Å²) in [5, 5.41) is 0. The van der Waals surface area contributed by atoms with Crippen LogP contribution in [0.1, 0.15) is 27.2 Å². The van der Waals surface area contributed by atoms with Gasteiger partial charge in [0, 0.05) is 18.5 Å². The molecule has 11 heavy (non-hydrogen) atoms. The summed E-state index contributed by atoms with van der Waals surface area (Å²) in [6.45, 7) is 8.05. The summed E-state index contributed by atoms with van der Waals surface area (Å²) in [7, 11) is 0. The molecule has 0 aromatic carbocycles. The first-order valence-electron chi connectivity index (χ1n) is 4.49. The lowest BCUT2D eigenvalue weighted by Gasteiger charge is -2.20. The van der Waals surface area contributed by atoms with E-state index in [1.165, 1.54) is 0 Å². The van der Waals surface area contributed by atoms with Crippen LogP contribution in [0.25, 0.3) is 0 Å². The van der Waals surface area contributed by atoms with Crippen molar-refractivity contribution in [2.75, 3.05) is 13.1 Å². The van der Waals surface area contributed by atoms with Crippen molar-refractivity contribution in [2.24, 2.45) is 5.92 Å². The van der Waals surface area contributed by atoms with Crippen LogP contribution in [0, 0.1) is 5.92 Å². The molecule has 2 atom stereocenters. The van der Waals surface area contributed by atoms with E-state index in [4.69, 9.17) is 0 Å². The molecule has 0 aromatic heterocycles. The SMILES string of the molecule is CC(F)[C@H]1CCN(C(C)C)C1. The molecule has 1 saturated heterocycles. The van der Waals surface area contributed by atoms with Crippen molar-refractivity contribution in [3.05, 3.63) is 0 Å². The minimum atomic E-state index is -0.626. The molecule has 0 saturated carbocycles. The van der Waals surface area contributed by atoms with Crippen LogP contribution >= 0.6 is 0 Å². The zero-order valence-electron chi connectivity index (χ0n) is 7.68. The van der Waals surface area contributed by atoms with Crippen molar-refractivity contribution in [3.8, 4) is 0 Å². The fraction of sp³-hybridized carbons (Fsp3) is 1.00. The van der Waals surface area contributed by atoms with Crippen molar-refractivity contribution >= 4 is 0 Å². The third kappa shape index (κ3) is 2.16. The highest BCUT2D eigenvalue weighted by Gasteiger charge is 2.27. The summed E-state index contributed by atoms with van der Waals surface area (Å²) < 4.78 is 12.8. The molecular formula is C9H18FN. The van der Waals surface area contributed by atoms with Crippen LogP contribution in [0.15, 0.2) is 0 Å². The first-order chi connectivity index (χ1) is 5.11. The van der Waals surface area contributed by atoms with E-state index in [-0.39, 0.29) is 5.92 Å². The molecular weight excluding hydrogens is 141 g/mol. The van der Waals surface area contributed by atoms with Crippen molar-refractivity contribution in [3.63, 3.8) is 0 Å². The molecule has 1 aliphatic heterocycles. The van der Waals surface area contributed by atoms with Crippen LogP contribution in [-0.2, 0) is 0 Å². The highest BCUT2D eigenvalue weighted by atomic mass is 19.1. The number of alkyl halides is 1. The first-order valence-corrected chi connectivity index (χ1v) is 4.49. The Balaban J connectivity index is 2.35. The van der Waals surface area contributed by atoms with Crippen LogP contribution in [0.3, 0.4) is 0 Å². The van der Waals surface area contributed by atoms with E-state index in [1.54, 1.807) is 6.92 Å². The van der Waals surface area contributed by atoms with Gasteiger partial charge < -0.3 is 4.90 Å². The van der Waals surface area contributed by atoms with Gasteiger partial charge in [-0.15, -0.1) is 0 Å². The van der Waals surface area contributed by atoms with Gasteiger partial charge in [0.25, 0.3) is 0 Å². The van der Waals surface area contributed by atoms with Crippen molar-refractivity contribution in [2.45, 2.75) is 39.4 Å². The van der Waals surface area contributed by atoms with Gasteiger partial charge in [-0.3, -0.25) is 0 Å². The summed E-state index contributed by atoms with van der Waals surface area (Å²) in [6.07, 6.45) is 0.411. The highest BCUT2D eigenvalue weighted by Crippen LogP contribution is 2.22. The summed E-state index contributed by atoms with van der Waals surface area (Å²) in [4.78, 5) is 2.35. The maximum Gasteiger partial charge on any atom is 0.101 e. The third-order valence-corrected chi connectivity index (χ3v) is 2.64. The summed E-state index contributed by atoms with van der Waals surface area (Å²) in [5.41, 5.74) is 0. The Morgan fingerprint density at radius 3 is 2.27 bits per heavy atom. The first kappa shape index (κ1) is 8.98.